The third-order valence-electron chi connectivity index (χ3n) is 4.26. The second-order valence-corrected chi connectivity index (χ2v) is 9.76. The second kappa shape index (κ2) is 6.09. The van der Waals surface area contributed by atoms with E-state index in [4.69, 9.17) is 0 Å². The number of benzene rings is 2. The van der Waals surface area contributed by atoms with Crippen LogP contribution >= 0.6 is 0 Å². The lowest BCUT2D eigenvalue weighted by Crippen LogP contribution is -2.27. The average molecular weight is 332 g/mol. The molecule has 0 saturated heterocycles. The van der Waals surface area contributed by atoms with Gasteiger partial charge in [0.1, 0.15) is 4.08 Å². The summed E-state index contributed by atoms with van der Waals surface area (Å²) in [5.74, 6) is 0.606. The molecule has 4 heteroatoms. The summed E-state index contributed by atoms with van der Waals surface area (Å²) in [6.45, 7) is 4.24. The van der Waals surface area contributed by atoms with Gasteiger partial charge in [-0.15, -0.1) is 0 Å². The van der Waals surface area contributed by atoms with Crippen LogP contribution in [0, 0.1) is 11.8 Å². The molecule has 0 spiro atoms. The molecule has 1 aliphatic carbocycles. The van der Waals surface area contributed by atoms with Gasteiger partial charge in [0.2, 0.25) is 0 Å². The van der Waals surface area contributed by atoms with Crippen molar-refractivity contribution in [1.82, 2.24) is 0 Å². The van der Waals surface area contributed by atoms with E-state index < -0.39 is 25.7 Å². The van der Waals surface area contributed by atoms with Crippen molar-refractivity contribution in [2.75, 3.05) is 0 Å². The predicted octanol–water partition coefficient (Wildman–Crippen LogP) is 3.97. The van der Waals surface area contributed by atoms with Crippen molar-refractivity contribution >= 4 is 21.6 Å². The molecule has 0 radical (unpaired) electrons. The van der Waals surface area contributed by atoms with Gasteiger partial charge in [-0.05, 0) is 42.5 Å². The summed E-state index contributed by atoms with van der Waals surface area (Å²) in [5, 5.41) is 0. The van der Waals surface area contributed by atoms with Crippen molar-refractivity contribution in [1.29, 1.82) is 0 Å². The van der Waals surface area contributed by atoms with Gasteiger partial charge in [0.05, 0.1) is 21.6 Å². The van der Waals surface area contributed by atoms with E-state index in [-0.39, 0.29) is 5.92 Å². The van der Waals surface area contributed by atoms with Crippen molar-refractivity contribution in [3.63, 3.8) is 0 Å². The van der Waals surface area contributed by atoms with Gasteiger partial charge in [0, 0.05) is 9.79 Å². The zero-order valence-electron chi connectivity index (χ0n) is 12.8. The van der Waals surface area contributed by atoms with Crippen molar-refractivity contribution in [3.8, 4) is 0 Å². The van der Waals surface area contributed by atoms with Crippen LogP contribution < -0.4 is 0 Å². The standard InChI is InChI=1S/C18H20O2S2/c1-14(2)17-13-18(17,21(19)15-9-5-3-6-10-15)22(20)16-11-7-4-8-12-16/h3-12,14,17H,13H2,1-2H3/t17?,21-,22-/m0/s1. The van der Waals surface area contributed by atoms with Gasteiger partial charge in [0.15, 0.2) is 0 Å². The maximum Gasteiger partial charge on any atom is 0.133 e. The molecular weight excluding hydrogens is 312 g/mol. The van der Waals surface area contributed by atoms with E-state index in [2.05, 4.69) is 13.8 Å². The minimum absolute atomic E-state index is 0.231. The highest BCUT2D eigenvalue weighted by atomic mass is 32.2. The van der Waals surface area contributed by atoms with E-state index in [9.17, 15) is 8.42 Å². The highest BCUT2D eigenvalue weighted by molar-refractivity contribution is 8.04. The van der Waals surface area contributed by atoms with E-state index in [1.54, 1.807) is 0 Å². The molecule has 3 rings (SSSR count). The minimum atomic E-state index is -1.26. The van der Waals surface area contributed by atoms with Crippen molar-refractivity contribution in [2.45, 2.75) is 34.1 Å². The molecule has 0 bridgehead atoms. The van der Waals surface area contributed by atoms with E-state index in [0.717, 1.165) is 16.2 Å². The zero-order valence-corrected chi connectivity index (χ0v) is 14.4. The smallest absolute Gasteiger partial charge is 0.133 e. The minimum Gasteiger partial charge on any atom is -0.253 e. The Bertz CT molecular complexity index is 644. The SMILES string of the molecule is CC(C)C1CC1([S@@](=O)c1ccccc1)[S@@](=O)c1ccccc1. The Hall–Kier alpha value is -1.26. The summed E-state index contributed by atoms with van der Waals surface area (Å²) in [6, 6.07) is 18.9. The molecule has 0 aliphatic heterocycles. The lowest BCUT2D eigenvalue weighted by atomic mass is 10.1. The first-order chi connectivity index (χ1) is 10.6. The summed E-state index contributed by atoms with van der Waals surface area (Å²) >= 11 is 0. The quantitative estimate of drug-likeness (QED) is 0.830. The topological polar surface area (TPSA) is 34.1 Å². The van der Waals surface area contributed by atoms with Crippen molar-refractivity contribution < 1.29 is 8.42 Å². The number of hydrogen-bond donors (Lipinski definition) is 0. The van der Waals surface area contributed by atoms with Crippen LogP contribution in [0.3, 0.4) is 0 Å². The highest BCUT2D eigenvalue weighted by Crippen LogP contribution is 2.58. The number of hydrogen-bond acceptors (Lipinski definition) is 2. The molecular formula is C18H20O2S2. The summed E-state index contributed by atoms with van der Waals surface area (Å²) in [4.78, 5) is 1.55. The third kappa shape index (κ3) is 2.59. The average Bonchev–Trinajstić information content (AvgIpc) is 3.32. The first-order valence-corrected chi connectivity index (χ1v) is 9.81. The molecule has 1 aliphatic rings. The fraction of sp³-hybridized carbons (Fsp3) is 0.333. The summed E-state index contributed by atoms with van der Waals surface area (Å²) in [7, 11) is -2.53. The van der Waals surface area contributed by atoms with Crippen molar-refractivity contribution in [3.05, 3.63) is 60.7 Å². The zero-order chi connectivity index (χ0) is 15.7. The maximum absolute atomic E-state index is 13.2. The molecule has 0 heterocycles. The van der Waals surface area contributed by atoms with Crippen molar-refractivity contribution in [2.24, 2.45) is 11.8 Å². The largest absolute Gasteiger partial charge is 0.253 e. The molecule has 1 fully saturated rings. The molecule has 3 atom stereocenters. The Kier molecular flexibility index (Phi) is 4.33. The highest BCUT2D eigenvalue weighted by Gasteiger charge is 2.65. The van der Waals surface area contributed by atoms with Gasteiger partial charge in [-0.2, -0.15) is 0 Å². The van der Waals surface area contributed by atoms with Gasteiger partial charge in [0.25, 0.3) is 0 Å². The molecule has 2 nitrogen and oxygen atoms in total. The fourth-order valence-electron chi connectivity index (χ4n) is 2.97. The molecule has 1 unspecified atom stereocenters. The molecule has 0 N–H and O–H groups in total. The van der Waals surface area contributed by atoms with Crippen LogP contribution in [0.1, 0.15) is 20.3 Å². The van der Waals surface area contributed by atoms with E-state index in [1.807, 2.05) is 60.7 Å². The Balaban J connectivity index is 2.01. The molecule has 2 aromatic rings. The first-order valence-electron chi connectivity index (χ1n) is 7.51. The Labute approximate surface area is 136 Å². The van der Waals surface area contributed by atoms with Crippen LogP contribution in [0.5, 0.6) is 0 Å². The molecule has 1 saturated carbocycles. The lowest BCUT2D eigenvalue weighted by molar-refractivity contribution is 0.552. The Morgan fingerprint density at radius 3 is 1.59 bits per heavy atom. The molecule has 116 valence electrons. The molecule has 22 heavy (non-hydrogen) atoms. The second-order valence-electron chi connectivity index (χ2n) is 6.03. The maximum atomic E-state index is 13.2. The summed E-state index contributed by atoms with van der Waals surface area (Å²) < 4.78 is 25.7. The normalized spacial score (nSPS) is 22.2. The van der Waals surface area contributed by atoms with Gasteiger partial charge in [-0.1, -0.05) is 50.2 Å². The van der Waals surface area contributed by atoms with Crippen LogP contribution in [0.4, 0.5) is 0 Å². The molecule has 0 amide bonds. The van der Waals surface area contributed by atoms with E-state index in [0.29, 0.717) is 5.92 Å². The molecule has 2 aromatic carbocycles. The van der Waals surface area contributed by atoms with Crippen LogP contribution in [0.15, 0.2) is 70.5 Å². The van der Waals surface area contributed by atoms with Gasteiger partial charge < -0.3 is 0 Å². The summed E-state index contributed by atoms with van der Waals surface area (Å²) in [6.07, 6.45) is 0.758. The van der Waals surface area contributed by atoms with Gasteiger partial charge >= 0.3 is 0 Å². The van der Waals surface area contributed by atoms with Crippen LogP contribution in [0.25, 0.3) is 0 Å². The molecule has 0 aromatic heterocycles. The fourth-order valence-corrected chi connectivity index (χ4v) is 7.46. The van der Waals surface area contributed by atoms with E-state index >= 15 is 0 Å². The first kappa shape index (κ1) is 15.6. The number of rotatable bonds is 5. The third-order valence-corrected chi connectivity index (χ3v) is 8.76. The van der Waals surface area contributed by atoms with Crippen LogP contribution in [-0.4, -0.2) is 12.5 Å². The Morgan fingerprint density at radius 1 is 0.864 bits per heavy atom. The monoisotopic (exact) mass is 332 g/mol. The summed E-state index contributed by atoms with van der Waals surface area (Å²) in [5.41, 5.74) is 0. The van der Waals surface area contributed by atoms with E-state index in [1.165, 1.54) is 0 Å². The lowest BCUT2D eigenvalue weighted by Gasteiger charge is -2.19. The van der Waals surface area contributed by atoms with Gasteiger partial charge in [-0.3, -0.25) is 8.42 Å². The Morgan fingerprint density at radius 2 is 1.27 bits per heavy atom. The van der Waals surface area contributed by atoms with Crippen LogP contribution in [-0.2, 0) is 21.6 Å². The van der Waals surface area contributed by atoms with Crippen LogP contribution in [0.2, 0.25) is 0 Å². The predicted molar refractivity (Wildman–Crippen MR) is 91.4 cm³/mol. The van der Waals surface area contributed by atoms with Gasteiger partial charge in [-0.25, -0.2) is 0 Å².